The zero-order valence-electron chi connectivity index (χ0n) is 15.9. The van der Waals surface area contributed by atoms with Crippen molar-refractivity contribution < 1.29 is 31.5 Å². The molecule has 0 bridgehead atoms. The number of hydrogen-bond acceptors (Lipinski definition) is 4. The van der Waals surface area contributed by atoms with Gasteiger partial charge in [0.15, 0.2) is 5.82 Å². The van der Waals surface area contributed by atoms with E-state index in [-0.39, 0.29) is 16.2 Å². The van der Waals surface area contributed by atoms with E-state index >= 15 is 0 Å². The second-order valence-electron chi connectivity index (χ2n) is 6.60. The van der Waals surface area contributed by atoms with Crippen molar-refractivity contribution in [3.63, 3.8) is 0 Å². The third-order valence-corrected chi connectivity index (χ3v) is 4.66. The summed E-state index contributed by atoms with van der Waals surface area (Å²) in [6.07, 6.45) is -4.01. The molecule has 0 radical (unpaired) electrons. The average molecular weight is 496 g/mol. The number of aromatic nitrogens is 2. The van der Waals surface area contributed by atoms with Gasteiger partial charge in [-0.05, 0) is 25.1 Å². The van der Waals surface area contributed by atoms with Gasteiger partial charge in [-0.2, -0.15) is 0 Å². The Bertz CT molecular complexity index is 1240. The number of rotatable bonds is 5. The minimum absolute atomic E-state index is 0.0700. The lowest BCUT2D eigenvalue weighted by Gasteiger charge is -2.17. The first-order valence-electron chi connectivity index (χ1n) is 8.75. The zero-order chi connectivity index (χ0) is 23.8. The van der Waals surface area contributed by atoms with Crippen LogP contribution in [0.2, 0.25) is 10.2 Å². The Hall–Kier alpha value is -2.76. The number of nitrogens with zero attached hydrogens (tertiary/aromatic N) is 2. The number of fused-ring (bicyclic) bond motifs is 1. The maximum absolute atomic E-state index is 14.6. The van der Waals surface area contributed by atoms with Crippen LogP contribution in [-0.4, -0.2) is 34.5 Å². The molecule has 0 fully saturated rings. The molecule has 170 valence electrons. The molecule has 1 atom stereocenters. The van der Waals surface area contributed by atoms with Gasteiger partial charge in [-0.15, -0.1) is 13.2 Å². The summed E-state index contributed by atoms with van der Waals surface area (Å²) in [5, 5.41) is 1.56. The molecule has 13 heteroatoms. The van der Waals surface area contributed by atoms with E-state index in [1.165, 1.54) is 19.1 Å². The first kappa shape index (κ1) is 23.9. The summed E-state index contributed by atoms with van der Waals surface area (Å²) in [4.78, 5) is 29.4. The van der Waals surface area contributed by atoms with Crippen molar-refractivity contribution in [1.29, 1.82) is 0 Å². The van der Waals surface area contributed by atoms with Crippen LogP contribution in [0, 0.1) is 11.6 Å². The van der Waals surface area contributed by atoms with E-state index in [1.54, 1.807) is 0 Å². The van der Waals surface area contributed by atoms with Crippen molar-refractivity contribution in [1.82, 2.24) is 14.9 Å². The predicted molar refractivity (Wildman–Crippen MR) is 106 cm³/mol. The van der Waals surface area contributed by atoms with Crippen LogP contribution < -0.4 is 10.7 Å². The molecule has 0 saturated heterocycles. The van der Waals surface area contributed by atoms with Crippen molar-refractivity contribution in [3.8, 4) is 5.69 Å². The second kappa shape index (κ2) is 9.00. The molecular weight excluding hydrogens is 484 g/mol. The lowest BCUT2D eigenvalue weighted by Crippen LogP contribution is -2.39. The lowest BCUT2D eigenvalue weighted by molar-refractivity contribution is -0.325. The van der Waals surface area contributed by atoms with Crippen LogP contribution in [0.4, 0.5) is 22.0 Å². The van der Waals surface area contributed by atoms with E-state index in [1.807, 2.05) is 0 Å². The van der Waals surface area contributed by atoms with Crippen LogP contribution in [0.5, 0.6) is 0 Å². The highest BCUT2D eigenvalue weighted by molar-refractivity contribution is 6.32. The first-order valence-corrected chi connectivity index (χ1v) is 9.51. The molecule has 0 spiro atoms. The Labute approximate surface area is 186 Å². The summed E-state index contributed by atoms with van der Waals surface area (Å²) in [7, 11) is 0. The van der Waals surface area contributed by atoms with Crippen LogP contribution in [0.3, 0.4) is 0 Å². The first-order chi connectivity index (χ1) is 14.9. The summed E-state index contributed by atoms with van der Waals surface area (Å²) < 4.78 is 69.3. The Balaban J connectivity index is 2.14. The summed E-state index contributed by atoms with van der Waals surface area (Å²) in [6.45, 7) is 0.313. The van der Waals surface area contributed by atoms with Crippen LogP contribution in [0.1, 0.15) is 17.3 Å². The van der Waals surface area contributed by atoms with Crippen LogP contribution in [0.15, 0.2) is 35.3 Å². The van der Waals surface area contributed by atoms with Crippen LogP contribution >= 0.6 is 23.2 Å². The standard InChI is InChI=1S/C19H12Cl2F5N3O3/c1-8(7-32-19(24,25)26)27-18(31)11-6-29(15-12(20)4-9(22)5-13(15)23)17-10(16(11)30)2-3-14(21)28-17/h2-6,8H,7H2,1H3,(H,27,31)/t8-/m0/s1. The number of carbonyl (C=O) groups excluding carboxylic acids is 1. The fraction of sp³-hybridized carbons (Fsp3) is 0.211. The molecule has 0 aliphatic carbocycles. The molecule has 1 N–H and O–H groups in total. The number of amides is 1. The Morgan fingerprint density at radius 1 is 1.25 bits per heavy atom. The molecular formula is C19H12Cl2F5N3O3. The molecule has 1 amide bonds. The maximum Gasteiger partial charge on any atom is 0.522 e. The van der Waals surface area contributed by atoms with Gasteiger partial charge in [0.05, 0.1) is 23.1 Å². The van der Waals surface area contributed by atoms with Gasteiger partial charge in [0.25, 0.3) is 5.91 Å². The van der Waals surface area contributed by atoms with Gasteiger partial charge < -0.3 is 5.32 Å². The van der Waals surface area contributed by atoms with Gasteiger partial charge in [-0.3, -0.25) is 18.9 Å². The third-order valence-electron chi connectivity index (χ3n) is 4.16. The molecule has 3 aromatic rings. The summed E-state index contributed by atoms with van der Waals surface area (Å²) in [5.74, 6) is -3.15. The monoisotopic (exact) mass is 495 g/mol. The van der Waals surface area contributed by atoms with Crippen LogP contribution in [0.25, 0.3) is 16.7 Å². The fourth-order valence-corrected chi connectivity index (χ4v) is 3.27. The molecule has 0 saturated carbocycles. The number of ether oxygens (including phenoxy) is 1. The number of benzene rings is 1. The fourth-order valence-electron chi connectivity index (χ4n) is 2.84. The molecule has 0 aliphatic rings. The number of nitrogens with one attached hydrogen (secondary N) is 1. The topological polar surface area (TPSA) is 73.2 Å². The van der Waals surface area contributed by atoms with E-state index < -0.39 is 58.3 Å². The number of halogens is 7. The number of pyridine rings is 2. The second-order valence-corrected chi connectivity index (χ2v) is 7.39. The molecule has 0 unspecified atom stereocenters. The van der Waals surface area contributed by atoms with Crippen molar-refractivity contribution in [2.45, 2.75) is 19.3 Å². The van der Waals surface area contributed by atoms with E-state index in [2.05, 4.69) is 15.0 Å². The molecule has 0 aliphatic heterocycles. The smallest absolute Gasteiger partial charge is 0.347 e. The van der Waals surface area contributed by atoms with E-state index in [0.29, 0.717) is 6.07 Å². The van der Waals surface area contributed by atoms with Crippen molar-refractivity contribution in [2.75, 3.05) is 6.61 Å². The number of hydrogen-bond donors (Lipinski definition) is 1. The van der Waals surface area contributed by atoms with Gasteiger partial charge in [0.1, 0.15) is 27.9 Å². The molecule has 6 nitrogen and oxygen atoms in total. The van der Waals surface area contributed by atoms with E-state index in [0.717, 1.165) is 16.8 Å². The number of alkyl halides is 3. The molecule has 2 heterocycles. The molecule has 2 aromatic heterocycles. The Kier molecular flexibility index (Phi) is 6.72. The molecule has 3 rings (SSSR count). The maximum atomic E-state index is 14.6. The highest BCUT2D eigenvalue weighted by Crippen LogP contribution is 2.28. The van der Waals surface area contributed by atoms with Crippen molar-refractivity contribution in [3.05, 3.63) is 68.1 Å². The van der Waals surface area contributed by atoms with E-state index in [9.17, 15) is 31.5 Å². The van der Waals surface area contributed by atoms with Gasteiger partial charge in [-0.1, -0.05) is 23.2 Å². The summed E-state index contributed by atoms with van der Waals surface area (Å²) in [5.41, 5.74) is -2.00. The van der Waals surface area contributed by atoms with E-state index in [4.69, 9.17) is 23.2 Å². The summed E-state index contributed by atoms with van der Waals surface area (Å²) in [6, 6.07) is 2.68. The van der Waals surface area contributed by atoms with Crippen molar-refractivity contribution >= 4 is 40.1 Å². The summed E-state index contributed by atoms with van der Waals surface area (Å²) >= 11 is 11.9. The van der Waals surface area contributed by atoms with Gasteiger partial charge in [-0.25, -0.2) is 13.8 Å². The van der Waals surface area contributed by atoms with Gasteiger partial charge in [0, 0.05) is 12.3 Å². The van der Waals surface area contributed by atoms with Gasteiger partial charge >= 0.3 is 6.36 Å². The highest BCUT2D eigenvalue weighted by Gasteiger charge is 2.30. The van der Waals surface area contributed by atoms with Crippen LogP contribution in [-0.2, 0) is 4.74 Å². The molecule has 32 heavy (non-hydrogen) atoms. The minimum atomic E-state index is -4.91. The average Bonchev–Trinajstić information content (AvgIpc) is 2.66. The third kappa shape index (κ3) is 5.17. The van der Waals surface area contributed by atoms with Gasteiger partial charge in [0.2, 0.25) is 5.43 Å². The SMILES string of the molecule is C[C@@H](COC(F)(F)F)NC(=O)c1cn(-c2c(F)cc(F)cc2Cl)c2nc(Cl)ccc2c1=O. The minimum Gasteiger partial charge on any atom is -0.347 e. The largest absolute Gasteiger partial charge is 0.522 e. The highest BCUT2D eigenvalue weighted by atomic mass is 35.5. The van der Waals surface area contributed by atoms with Crippen molar-refractivity contribution in [2.24, 2.45) is 0 Å². The normalized spacial score (nSPS) is 12.8. The predicted octanol–water partition coefficient (Wildman–Crippen LogP) is 4.63. The molecule has 1 aromatic carbocycles. The zero-order valence-corrected chi connectivity index (χ0v) is 17.4. The quantitative estimate of drug-likeness (QED) is 0.413. The Morgan fingerprint density at radius 3 is 2.56 bits per heavy atom. The number of carbonyl (C=O) groups is 1. The lowest BCUT2D eigenvalue weighted by atomic mass is 10.1. The Morgan fingerprint density at radius 2 is 1.94 bits per heavy atom.